The van der Waals surface area contributed by atoms with Gasteiger partial charge in [0, 0.05) is 29.3 Å². The maximum Gasteiger partial charge on any atom is 0.329 e. The number of aromatic amines is 1. The van der Waals surface area contributed by atoms with Crippen molar-refractivity contribution in [3.63, 3.8) is 0 Å². The van der Waals surface area contributed by atoms with Gasteiger partial charge >= 0.3 is 7.48 Å². The maximum absolute atomic E-state index is 11.0. The van der Waals surface area contributed by atoms with Gasteiger partial charge in [0.1, 0.15) is 5.65 Å². The van der Waals surface area contributed by atoms with Crippen molar-refractivity contribution in [1.82, 2.24) is 15.4 Å². The van der Waals surface area contributed by atoms with E-state index in [2.05, 4.69) is 20.5 Å². The lowest BCUT2D eigenvalue weighted by molar-refractivity contribution is -0.138. The molecule has 1 amide bonds. The molecule has 0 aliphatic heterocycles. The number of carbonyl (C=O) groups excluding carboxylic acids is 1. The van der Waals surface area contributed by atoms with E-state index < -0.39 is 5.60 Å². The average molecular weight is 365 g/mol. The van der Waals surface area contributed by atoms with Gasteiger partial charge in [-0.15, -0.1) is 0 Å². The summed E-state index contributed by atoms with van der Waals surface area (Å²) in [6, 6.07) is 1.92. The molecule has 1 radical (unpaired) electrons. The molecule has 6 rings (SSSR count). The smallest absolute Gasteiger partial charge is 0.329 e. The highest BCUT2D eigenvalue weighted by Crippen LogP contribution is 2.59. The summed E-state index contributed by atoms with van der Waals surface area (Å²) >= 11 is 0. The summed E-state index contributed by atoms with van der Waals surface area (Å²) < 4.78 is 0. The number of rotatable bonds is 5. The third kappa shape index (κ3) is 2.62. The topological polar surface area (TPSA) is 111 Å². The molecule has 5 atom stereocenters. The fourth-order valence-electron chi connectivity index (χ4n) is 6.23. The normalized spacial score (nSPS) is 34.8. The number of nitrogens with zero attached hydrogens (tertiary/aromatic N) is 2. The van der Waals surface area contributed by atoms with E-state index >= 15 is 0 Å². The lowest BCUT2D eigenvalue weighted by Crippen LogP contribution is -2.57. The van der Waals surface area contributed by atoms with Crippen LogP contribution in [0.3, 0.4) is 0 Å². The number of pyridine rings is 1. The predicted molar refractivity (Wildman–Crippen MR) is 101 cm³/mol. The number of amides is 1. The molecule has 8 heteroatoms. The summed E-state index contributed by atoms with van der Waals surface area (Å²) in [5, 5.41) is 26.1. The summed E-state index contributed by atoms with van der Waals surface area (Å²) in [5.41, 5.74) is 4.85. The van der Waals surface area contributed by atoms with Gasteiger partial charge in [-0.1, -0.05) is 0 Å². The van der Waals surface area contributed by atoms with Crippen molar-refractivity contribution in [3.05, 3.63) is 24.0 Å². The Morgan fingerprint density at radius 1 is 1.37 bits per heavy atom. The Bertz CT molecular complexity index is 911. The highest BCUT2D eigenvalue weighted by atomic mass is 16.3. The van der Waals surface area contributed by atoms with E-state index in [-0.39, 0.29) is 5.92 Å². The standard InChI is InChI=1S/C19H22BN4O3/c25-9-23-24-17(16-13-1-2-21-18(13)22-8-14(16)20-27)15-11-3-10-4-12(15)7-19(26,5-10)6-11/h1-2,8-12,15,26-27H,3-7H2,(H,21,22)(H,23,25)/b24-17-/t10?,11-,12?,15?,19?/m1/s1. The van der Waals surface area contributed by atoms with Crippen molar-refractivity contribution in [1.29, 1.82) is 0 Å². The zero-order chi connectivity index (χ0) is 18.6. The Morgan fingerprint density at radius 2 is 2.15 bits per heavy atom. The molecule has 2 aromatic rings. The molecule has 4 fully saturated rings. The second-order valence-corrected chi connectivity index (χ2v) is 8.42. The summed E-state index contributed by atoms with van der Waals surface area (Å²) in [7, 11) is 1.05. The molecule has 4 aliphatic carbocycles. The van der Waals surface area contributed by atoms with Gasteiger partial charge < -0.3 is 15.1 Å². The van der Waals surface area contributed by atoms with Crippen LogP contribution in [0.25, 0.3) is 11.0 Å². The zero-order valence-electron chi connectivity index (χ0n) is 14.9. The van der Waals surface area contributed by atoms with E-state index in [4.69, 9.17) is 0 Å². The molecule has 4 aliphatic rings. The van der Waals surface area contributed by atoms with Crippen LogP contribution in [0.1, 0.15) is 37.7 Å². The van der Waals surface area contributed by atoms with Gasteiger partial charge in [0.2, 0.25) is 6.41 Å². The largest absolute Gasteiger partial charge is 0.450 e. The van der Waals surface area contributed by atoms with Crippen molar-refractivity contribution in [2.45, 2.75) is 37.7 Å². The summed E-state index contributed by atoms with van der Waals surface area (Å²) in [6.07, 6.45) is 8.65. The van der Waals surface area contributed by atoms with E-state index in [9.17, 15) is 14.9 Å². The highest BCUT2D eigenvalue weighted by molar-refractivity contribution is 6.49. The zero-order valence-corrected chi connectivity index (χ0v) is 14.9. The minimum Gasteiger partial charge on any atom is -0.450 e. The van der Waals surface area contributed by atoms with Crippen LogP contribution in [0.15, 0.2) is 23.6 Å². The van der Waals surface area contributed by atoms with Crippen molar-refractivity contribution in [2.24, 2.45) is 28.8 Å². The molecule has 2 aromatic heterocycles. The molecule has 7 nitrogen and oxygen atoms in total. The van der Waals surface area contributed by atoms with Crippen LogP contribution in [0, 0.1) is 23.7 Å². The van der Waals surface area contributed by atoms with E-state index in [0.717, 1.165) is 61.9 Å². The number of aromatic nitrogens is 2. The SMILES string of the molecule is O=CN/N=C(\c1c([B]O)cnc2[nH]ccc12)C1C2CC3C[C@@H]1CC(O)(C3)C2. The Morgan fingerprint density at radius 3 is 2.81 bits per heavy atom. The molecule has 0 aromatic carbocycles. The van der Waals surface area contributed by atoms with Gasteiger partial charge in [-0.3, -0.25) is 4.79 Å². The molecule has 0 saturated heterocycles. The fourth-order valence-corrected chi connectivity index (χ4v) is 6.23. The molecular weight excluding hydrogens is 343 g/mol. The predicted octanol–water partition coefficient (Wildman–Crippen LogP) is 0.437. The number of hydrogen-bond acceptors (Lipinski definition) is 5. The molecule has 2 heterocycles. The van der Waals surface area contributed by atoms with Gasteiger partial charge in [0.05, 0.1) is 11.3 Å². The maximum atomic E-state index is 11.0. The summed E-state index contributed by atoms with van der Waals surface area (Å²) in [5.74, 6) is 1.40. The minimum atomic E-state index is -0.538. The van der Waals surface area contributed by atoms with Gasteiger partial charge in [0.25, 0.3) is 0 Å². The number of hydrogen-bond donors (Lipinski definition) is 4. The van der Waals surface area contributed by atoms with E-state index in [1.807, 2.05) is 12.3 Å². The van der Waals surface area contributed by atoms with Crippen molar-refractivity contribution >= 4 is 36.1 Å². The first-order valence-electron chi connectivity index (χ1n) is 9.55. The first kappa shape index (κ1) is 17.0. The Kier molecular flexibility index (Phi) is 3.87. The lowest BCUT2D eigenvalue weighted by Gasteiger charge is -2.58. The fraction of sp³-hybridized carbons (Fsp3) is 0.526. The molecule has 139 valence electrons. The van der Waals surface area contributed by atoms with Crippen molar-refractivity contribution in [2.75, 3.05) is 0 Å². The van der Waals surface area contributed by atoms with E-state index in [0.29, 0.717) is 29.6 Å². The summed E-state index contributed by atoms with van der Waals surface area (Å²) in [6.45, 7) is 0. The van der Waals surface area contributed by atoms with Crippen LogP contribution in [0.5, 0.6) is 0 Å². The van der Waals surface area contributed by atoms with Gasteiger partial charge in [0.15, 0.2) is 0 Å². The van der Waals surface area contributed by atoms with Gasteiger partial charge in [-0.25, -0.2) is 10.4 Å². The molecular formula is C19H22BN4O3. The van der Waals surface area contributed by atoms with Crippen molar-refractivity contribution < 1.29 is 14.9 Å². The molecule has 4 saturated carbocycles. The monoisotopic (exact) mass is 365 g/mol. The number of H-pyrrole nitrogens is 1. The third-order valence-corrected chi connectivity index (χ3v) is 6.81. The molecule has 0 spiro atoms. The third-order valence-electron chi connectivity index (χ3n) is 6.81. The number of fused-ring (bicyclic) bond motifs is 1. The molecule has 4 bridgehead atoms. The van der Waals surface area contributed by atoms with Crippen LogP contribution in [0.2, 0.25) is 0 Å². The molecule has 4 N–H and O–H groups in total. The first-order valence-corrected chi connectivity index (χ1v) is 9.55. The van der Waals surface area contributed by atoms with Crippen LogP contribution >= 0.6 is 0 Å². The number of carbonyl (C=O) groups is 1. The number of hydrazone groups is 1. The first-order chi connectivity index (χ1) is 13.1. The van der Waals surface area contributed by atoms with E-state index in [1.165, 1.54) is 0 Å². The molecule has 4 unspecified atom stereocenters. The van der Waals surface area contributed by atoms with E-state index in [1.54, 1.807) is 6.20 Å². The van der Waals surface area contributed by atoms with Crippen LogP contribution in [0.4, 0.5) is 0 Å². The molecule has 27 heavy (non-hydrogen) atoms. The van der Waals surface area contributed by atoms with Crippen molar-refractivity contribution in [3.8, 4) is 0 Å². The minimum absolute atomic E-state index is 0.147. The van der Waals surface area contributed by atoms with Gasteiger partial charge in [-0.2, -0.15) is 5.10 Å². The van der Waals surface area contributed by atoms with Gasteiger partial charge in [-0.05, 0) is 61.4 Å². The average Bonchev–Trinajstić information content (AvgIpc) is 3.10. The second-order valence-electron chi connectivity index (χ2n) is 8.42. The Labute approximate surface area is 157 Å². The highest BCUT2D eigenvalue weighted by Gasteiger charge is 2.56. The number of aliphatic hydroxyl groups is 1. The quantitative estimate of drug-likeness (QED) is 0.267. The summed E-state index contributed by atoms with van der Waals surface area (Å²) in [4.78, 5) is 18.5. The Hall–Kier alpha value is -2.19. The van der Waals surface area contributed by atoms with Crippen LogP contribution < -0.4 is 10.9 Å². The van der Waals surface area contributed by atoms with Crippen LogP contribution in [-0.4, -0.2) is 45.3 Å². The Balaban J connectivity index is 1.66. The van der Waals surface area contributed by atoms with Crippen LogP contribution in [-0.2, 0) is 4.79 Å². The second kappa shape index (κ2) is 6.17. The number of nitrogens with one attached hydrogen (secondary N) is 2. The lowest BCUT2D eigenvalue weighted by atomic mass is 9.49.